The van der Waals surface area contributed by atoms with Gasteiger partial charge >= 0.3 is 0 Å². The molecule has 5 heteroatoms. The molecule has 4 nitrogen and oxygen atoms in total. The molecular formula is C18H39NO3S. The Kier molecular flexibility index (Phi) is 19.4. The van der Waals surface area contributed by atoms with Gasteiger partial charge < -0.3 is 6.15 Å². The summed E-state index contributed by atoms with van der Waals surface area (Å²) in [6.45, 7) is 2.26. The van der Waals surface area contributed by atoms with E-state index in [9.17, 15) is 8.42 Å². The summed E-state index contributed by atoms with van der Waals surface area (Å²) in [4.78, 5) is 0. The molecule has 4 N–H and O–H groups in total. The molecule has 140 valence electrons. The Bertz CT molecular complexity index is 353. The van der Waals surface area contributed by atoms with E-state index in [2.05, 4.69) is 6.92 Å². The maximum atomic E-state index is 10.4. The lowest BCUT2D eigenvalue weighted by Crippen LogP contribution is -1.89. The summed E-state index contributed by atoms with van der Waals surface area (Å²) in [6.07, 6.45) is 20.8. The van der Waals surface area contributed by atoms with Gasteiger partial charge in [-0.25, -0.2) is 0 Å². The molecule has 0 saturated heterocycles. The fraction of sp³-hybridized carbons (Fsp3) is 0.889. The van der Waals surface area contributed by atoms with Crippen LogP contribution in [-0.2, 0) is 10.1 Å². The molecule has 0 amide bonds. The zero-order chi connectivity index (χ0) is 16.5. The third-order valence-corrected chi connectivity index (χ3v) is 4.53. The van der Waals surface area contributed by atoms with E-state index in [1.807, 2.05) is 0 Å². The van der Waals surface area contributed by atoms with Crippen LogP contribution in [-0.4, -0.2) is 13.0 Å². The van der Waals surface area contributed by atoms with Crippen molar-refractivity contribution in [3.05, 3.63) is 11.5 Å². The first kappa shape index (κ1) is 24.9. The summed E-state index contributed by atoms with van der Waals surface area (Å²) >= 11 is 0. The third kappa shape index (κ3) is 24.0. The lowest BCUT2D eigenvalue weighted by Gasteiger charge is -2.02. The summed E-state index contributed by atoms with van der Waals surface area (Å²) < 4.78 is 29.4. The van der Waals surface area contributed by atoms with Crippen molar-refractivity contribution < 1.29 is 13.0 Å². The van der Waals surface area contributed by atoms with Crippen molar-refractivity contribution in [1.82, 2.24) is 6.15 Å². The molecule has 0 aromatic rings. The van der Waals surface area contributed by atoms with Crippen molar-refractivity contribution in [1.29, 1.82) is 0 Å². The summed E-state index contributed by atoms with van der Waals surface area (Å²) in [5.74, 6) is 0. The van der Waals surface area contributed by atoms with Crippen LogP contribution in [0.3, 0.4) is 0 Å². The summed E-state index contributed by atoms with van der Waals surface area (Å²) in [7, 11) is -3.92. The minimum Gasteiger partial charge on any atom is -0.344 e. The minimum atomic E-state index is -3.92. The van der Waals surface area contributed by atoms with E-state index in [0.717, 1.165) is 24.7 Å². The fourth-order valence-corrected chi connectivity index (χ4v) is 3.03. The number of allylic oxidation sites excluding steroid dienone is 1. The van der Waals surface area contributed by atoms with E-state index in [1.54, 1.807) is 0 Å². The van der Waals surface area contributed by atoms with E-state index in [-0.39, 0.29) is 6.15 Å². The van der Waals surface area contributed by atoms with Gasteiger partial charge in [0.05, 0.1) is 5.41 Å². The van der Waals surface area contributed by atoms with Gasteiger partial charge in [-0.2, -0.15) is 8.42 Å². The highest BCUT2D eigenvalue weighted by molar-refractivity contribution is 7.88. The van der Waals surface area contributed by atoms with Crippen molar-refractivity contribution in [3.8, 4) is 0 Å². The number of rotatable bonds is 16. The maximum Gasteiger partial charge on any atom is 0.287 e. The second-order valence-electron chi connectivity index (χ2n) is 6.27. The average Bonchev–Trinajstić information content (AvgIpc) is 2.45. The van der Waals surface area contributed by atoms with E-state index < -0.39 is 10.1 Å². The third-order valence-electron chi connectivity index (χ3n) is 3.99. The highest BCUT2D eigenvalue weighted by atomic mass is 32.2. The minimum absolute atomic E-state index is 0. The lowest BCUT2D eigenvalue weighted by atomic mass is 10.0. The average molecular weight is 350 g/mol. The van der Waals surface area contributed by atoms with Crippen LogP contribution in [0.25, 0.3) is 0 Å². The quantitative estimate of drug-likeness (QED) is 0.248. The Labute approximate surface area is 144 Å². The van der Waals surface area contributed by atoms with Crippen LogP contribution < -0.4 is 6.15 Å². The van der Waals surface area contributed by atoms with E-state index in [0.29, 0.717) is 0 Å². The molecule has 0 atom stereocenters. The van der Waals surface area contributed by atoms with Gasteiger partial charge in [0.1, 0.15) is 0 Å². The molecule has 0 aromatic heterocycles. The first-order valence-electron chi connectivity index (χ1n) is 9.20. The zero-order valence-electron chi connectivity index (χ0n) is 15.1. The van der Waals surface area contributed by atoms with Crippen LogP contribution in [0.1, 0.15) is 103 Å². The van der Waals surface area contributed by atoms with Crippen LogP contribution in [0.15, 0.2) is 11.5 Å². The van der Waals surface area contributed by atoms with Gasteiger partial charge in [-0.1, -0.05) is 96.5 Å². The molecule has 0 aliphatic heterocycles. The Balaban J connectivity index is 0. The van der Waals surface area contributed by atoms with Crippen molar-refractivity contribution >= 4 is 10.1 Å². The van der Waals surface area contributed by atoms with Crippen molar-refractivity contribution in [2.45, 2.75) is 103 Å². The normalized spacial score (nSPS) is 11.7. The van der Waals surface area contributed by atoms with E-state index >= 15 is 0 Å². The SMILES string of the molecule is CCCCCCCCCCCCCCCCC=CS(=O)(=O)O.N. The number of hydrogen-bond acceptors (Lipinski definition) is 3. The van der Waals surface area contributed by atoms with Gasteiger partial charge in [0, 0.05) is 0 Å². The van der Waals surface area contributed by atoms with Crippen LogP contribution in [0, 0.1) is 0 Å². The molecule has 0 fully saturated rings. The molecule has 0 bridgehead atoms. The van der Waals surface area contributed by atoms with Crippen LogP contribution in [0.2, 0.25) is 0 Å². The monoisotopic (exact) mass is 349 g/mol. The van der Waals surface area contributed by atoms with Gasteiger partial charge in [0.25, 0.3) is 10.1 Å². The molecule has 0 aliphatic rings. The molecule has 0 radical (unpaired) electrons. The summed E-state index contributed by atoms with van der Waals surface area (Å²) in [5, 5.41) is 0.884. The lowest BCUT2D eigenvalue weighted by molar-refractivity contribution is 0.494. The van der Waals surface area contributed by atoms with Crippen LogP contribution in [0.5, 0.6) is 0 Å². The standard InChI is InChI=1S/C18H36O3S.H3N/c1-2-3-4-5-6-7-8-9-10-11-12-13-14-15-16-17-18-22(19,20)21;/h17-18H,2-16H2,1H3,(H,19,20,21);1H3. The Hall–Kier alpha value is -0.390. The van der Waals surface area contributed by atoms with Crippen molar-refractivity contribution in [2.24, 2.45) is 0 Å². The van der Waals surface area contributed by atoms with Gasteiger partial charge in [-0.15, -0.1) is 0 Å². The second kappa shape index (κ2) is 18.0. The molecule has 0 aromatic carbocycles. The van der Waals surface area contributed by atoms with Crippen molar-refractivity contribution in [3.63, 3.8) is 0 Å². The van der Waals surface area contributed by atoms with Gasteiger partial charge in [0.15, 0.2) is 0 Å². The second-order valence-corrected chi connectivity index (χ2v) is 7.57. The van der Waals surface area contributed by atoms with E-state index in [1.165, 1.54) is 83.1 Å². The van der Waals surface area contributed by atoms with Gasteiger partial charge in [-0.05, 0) is 12.8 Å². The Morgan fingerprint density at radius 3 is 1.39 bits per heavy atom. The van der Waals surface area contributed by atoms with Crippen molar-refractivity contribution in [2.75, 3.05) is 0 Å². The van der Waals surface area contributed by atoms with E-state index in [4.69, 9.17) is 4.55 Å². The highest BCUT2D eigenvalue weighted by Gasteiger charge is 1.95. The van der Waals surface area contributed by atoms with Gasteiger partial charge in [-0.3, -0.25) is 4.55 Å². The van der Waals surface area contributed by atoms with Gasteiger partial charge in [0.2, 0.25) is 0 Å². The summed E-state index contributed by atoms with van der Waals surface area (Å²) in [5.41, 5.74) is 0. The maximum absolute atomic E-state index is 10.4. The van der Waals surface area contributed by atoms with Crippen LogP contribution in [0.4, 0.5) is 0 Å². The molecule has 0 unspecified atom stereocenters. The number of hydrogen-bond donors (Lipinski definition) is 2. The highest BCUT2D eigenvalue weighted by Crippen LogP contribution is 2.13. The molecule has 0 heterocycles. The number of unbranched alkanes of at least 4 members (excludes halogenated alkanes) is 14. The topological polar surface area (TPSA) is 89.4 Å². The molecular weight excluding hydrogens is 310 g/mol. The Morgan fingerprint density at radius 2 is 1.04 bits per heavy atom. The first-order chi connectivity index (χ1) is 10.6. The van der Waals surface area contributed by atoms with Crippen LogP contribution >= 0.6 is 0 Å². The molecule has 0 saturated carbocycles. The molecule has 23 heavy (non-hydrogen) atoms. The smallest absolute Gasteiger partial charge is 0.287 e. The zero-order valence-corrected chi connectivity index (χ0v) is 16.0. The summed E-state index contributed by atoms with van der Waals surface area (Å²) in [6, 6.07) is 0. The molecule has 0 rings (SSSR count). The molecule has 0 aliphatic carbocycles. The largest absolute Gasteiger partial charge is 0.344 e. The predicted octanol–water partition coefficient (Wildman–Crippen LogP) is 6.42. The Morgan fingerprint density at radius 1 is 0.696 bits per heavy atom. The fourth-order valence-electron chi connectivity index (χ4n) is 2.65. The molecule has 0 spiro atoms. The predicted molar refractivity (Wildman–Crippen MR) is 101 cm³/mol. The first-order valence-corrected chi connectivity index (χ1v) is 10.7.